The van der Waals surface area contributed by atoms with Crippen molar-refractivity contribution in [3.05, 3.63) is 133 Å². The predicted octanol–water partition coefficient (Wildman–Crippen LogP) is 8.60. The number of ether oxygens (including phenoxy) is 4. The minimum Gasteiger partial charge on any atom is -0.481 e. The largest absolute Gasteiger partial charge is 0.481 e. The van der Waals surface area contributed by atoms with Gasteiger partial charge in [-0.15, -0.1) is 0 Å². The number of nitrogens with one attached hydrogen (secondary N) is 1. The standard InChI is InChI=1S/C46H55NO11/c1-5-6-7-8-9-10-11-12-13-14-15-16-17-18-19-20-21-22-31-41(51)55-34-46(3,4)42(43(52)47-33-32-40(49)50)58-45(54)37-28-24-26-30-39(37)57-44(53)36-27-23-25-29-38(36)56-35(2)48/h6-7,9-10,12-13,15-16,18-19,21-30,42H,5,8,11,14,17,20,31-34H2,1-4H3,(H,47,52)(H,49,50). The summed E-state index contributed by atoms with van der Waals surface area (Å²) >= 11 is 0. The topological polar surface area (TPSA) is 172 Å². The van der Waals surface area contributed by atoms with E-state index in [1.807, 2.05) is 18.2 Å². The lowest BCUT2D eigenvalue weighted by Gasteiger charge is -2.32. The maximum atomic E-state index is 13.6. The molecule has 2 rings (SSSR count). The Labute approximate surface area is 341 Å². The van der Waals surface area contributed by atoms with Crippen LogP contribution < -0.4 is 14.8 Å². The summed E-state index contributed by atoms with van der Waals surface area (Å²) in [7, 11) is 0. The normalized spacial score (nSPS) is 12.5. The van der Waals surface area contributed by atoms with Gasteiger partial charge < -0.3 is 29.4 Å². The van der Waals surface area contributed by atoms with Gasteiger partial charge >= 0.3 is 29.8 Å². The molecule has 0 aliphatic carbocycles. The average Bonchev–Trinajstić information content (AvgIpc) is 3.18. The summed E-state index contributed by atoms with van der Waals surface area (Å²) < 4.78 is 21.7. The third kappa shape index (κ3) is 19.5. The molecule has 1 amide bonds. The highest BCUT2D eigenvalue weighted by Crippen LogP contribution is 2.29. The van der Waals surface area contributed by atoms with Crippen LogP contribution >= 0.6 is 0 Å². The highest BCUT2D eigenvalue weighted by atomic mass is 16.6. The number of para-hydroxylation sites is 2. The summed E-state index contributed by atoms with van der Waals surface area (Å²) in [4.78, 5) is 75.3. The van der Waals surface area contributed by atoms with Crippen LogP contribution in [0.15, 0.2) is 121 Å². The molecule has 2 N–H and O–H groups in total. The Kier molecular flexibility index (Phi) is 22.5. The molecule has 1 atom stereocenters. The molecule has 58 heavy (non-hydrogen) atoms. The maximum absolute atomic E-state index is 13.6. The number of hydrogen-bond donors (Lipinski definition) is 2. The van der Waals surface area contributed by atoms with Crippen LogP contribution in [-0.4, -0.2) is 60.1 Å². The van der Waals surface area contributed by atoms with Crippen molar-refractivity contribution in [2.24, 2.45) is 5.41 Å². The predicted molar refractivity (Wildman–Crippen MR) is 221 cm³/mol. The second-order valence-corrected chi connectivity index (χ2v) is 13.5. The number of esters is 4. The number of rotatable bonds is 25. The van der Waals surface area contributed by atoms with Crippen LogP contribution in [0.1, 0.15) is 99.8 Å². The Morgan fingerprint density at radius 3 is 1.64 bits per heavy atom. The Bertz CT molecular complexity index is 1850. The van der Waals surface area contributed by atoms with E-state index in [1.54, 1.807) is 26.0 Å². The van der Waals surface area contributed by atoms with E-state index in [2.05, 4.69) is 60.8 Å². The highest BCUT2D eigenvalue weighted by molar-refractivity contribution is 5.99. The molecule has 0 fully saturated rings. The quantitative estimate of drug-likeness (QED) is 0.0560. The molecule has 0 saturated carbocycles. The summed E-state index contributed by atoms with van der Waals surface area (Å²) in [6, 6.07) is 11.5. The number of carbonyl (C=O) groups is 6. The van der Waals surface area contributed by atoms with Crippen LogP contribution in [-0.2, 0) is 28.7 Å². The van der Waals surface area contributed by atoms with Crippen LogP contribution in [0.4, 0.5) is 0 Å². The lowest BCUT2D eigenvalue weighted by molar-refractivity contribution is -0.153. The second-order valence-electron chi connectivity index (χ2n) is 13.5. The molecule has 310 valence electrons. The van der Waals surface area contributed by atoms with Crippen molar-refractivity contribution in [1.82, 2.24) is 5.32 Å². The number of carboxylic acid groups (broad SMARTS) is 1. The first-order valence-electron chi connectivity index (χ1n) is 19.2. The number of carboxylic acids is 1. The summed E-state index contributed by atoms with van der Waals surface area (Å²) in [5.41, 5.74) is -1.59. The van der Waals surface area contributed by atoms with E-state index in [-0.39, 0.29) is 48.6 Å². The maximum Gasteiger partial charge on any atom is 0.347 e. The number of allylic oxidation sites excluding steroid dienone is 11. The van der Waals surface area contributed by atoms with E-state index in [1.165, 1.54) is 49.4 Å². The van der Waals surface area contributed by atoms with Gasteiger partial charge in [-0.2, -0.15) is 0 Å². The van der Waals surface area contributed by atoms with Gasteiger partial charge in [-0.1, -0.05) is 118 Å². The van der Waals surface area contributed by atoms with E-state index < -0.39 is 47.3 Å². The van der Waals surface area contributed by atoms with E-state index in [9.17, 15) is 28.8 Å². The molecule has 0 bridgehead atoms. The van der Waals surface area contributed by atoms with Crippen LogP contribution in [0.25, 0.3) is 0 Å². The summed E-state index contributed by atoms with van der Waals surface area (Å²) in [5, 5.41) is 11.5. The molecular weight excluding hydrogens is 743 g/mol. The monoisotopic (exact) mass is 797 g/mol. The van der Waals surface area contributed by atoms with Crippen LogP contribution in [0.5, 0.6) is 11.5 Å². The van der Waals surface area contributed by atoms with Crippen molar-refractivity contribution < 1.29 is 52.8 Å². The molecule has 1 unspecified atom stereocenters. The smallest absolute Gasteiger partial charge is 0.347 e. The molecule has 2 aromatic carbocycles. The zero-order valence-electron chi connectivity index (χ0n) is 33.7. The van der Waals surface area contributed by atoms with E-state index in [4.69, 9.17) is 24.1 Å². The van der Waals surface area contributed by atoms with Gasteiger partial charge in [0.2, 0.25) is 0 Å². The SMILES string of the molecule is CCC=CCC=CCC=CCC=CCC=CCC=CCC(=O)OCC(C)(C)C(OC(=O)c1ccccc1OC(=O)c1ccccc1OC(C)=O)C(=O)NCCC(=O)O. The van der Waals surface area contributed by atoms with Gasteiger partial charge in [-0.05, 0) is 62.8 Å². The first kappa shape index (κ1) is 47.9. The van der Waals surface area contributed by atoms with Gasteiger partial charge in [0.1, 0.15) is 29.2 Å². The number of amides is 1. The van der Waals surface area contributed by atoms with Crippen LogP contribution in [0, 0.1) is 5.41 Å². The lowest BCUT2D eigenvalue weighted by Crippen LogP contribution is -2.49. The molecule has 2 aromatic rings. The fourth-order valence-corrected chi connectivity index (χ4v) is 4.98. The molecule has 12 nitrogen and oxygen atoms in total. The third-order valence-electron chi connectivity index (χ3n) is 7.97. The van der Waals surface area contributed by atoms with Crippen molar-refractivity contribution in [2.45, 2.75) is 85.2 Å². The summed E-state index contributed by atoms with van der Waals surface area (Å²) in [6.07, 6.45) is 27.9. The third-order valence-corrected chi connectivity index (χ3v) is 7.97. The molecule has 0 aliphatic heterocycles. The van der Waals surface area contributed by atoms with Gasteiger partial charge in [-0.3, -0.25) is 19.2 Å². The summed E-state index contributed by atoms with van der Waals surface area (Å²) in [6.45, 7) is 5.81. The number of carbonyl (C=O) groups excluding carboxylic acids is 5. The van der Waals surface area contributed by atoms with Gasteiger partial charge in [0, 0.05) is 18.9 Å². The number of benzene rings is 2. The fraction of sp³-hybridized carbons (Fsp3) is 0.348. The molecule has 0 saturated heterocycles. The van der Waals surface area contributed by atoms with Crippen LogP contribution in [0.2, 0.25) is 0 Å². The van der Waals surface area contributed by atoms with Crippen molar-refractivity contribution in [1.29, 1.82) is 0 Å². The Morgan fingerprint density at radius 2 is 1.14 bits per heavy atom. The summed E-state index contributed by atoms with van der Waals surface area (Å²) in [5.74, 6) is -5.43. The minimum absolute atomic E-state index is 0.0324. The zero-order chi connectivity index (χ0) is 42.6. The first-order chi connectivity index (χ1) is 27.9. The molecule has 0 radical (unpaired) electrons. The van der Waals surface area contributed by atoms with Crippen molar-refractivity contribution in [3.8, 4) is 11.5 Å². The Morgan fingerprint density at radius 1 is 0.672 bits per heavy atom. The van der Waals surface area contributed by atoms with Crippen LogP contribution in [0.3, 0.4) is 0 Å². The van der Waals surface area contributed by atoms with Crippen molar-refractivity contribution in [3.63, 3.8) is 0 Å². The highest BCUT2D eigenvalue weighted by Gasteiger charge is 2.40. The molecule has 12 heteroatoms. The molecule has 0 spiro atoms. The Balaban J connectivity index is 1.97. The molecule has 0 aromatic heterocycles. The molecular formula is C46H55NO11. The first-order valence-corrected chi connectivity index (χ1v) is 19.2. The zero-order valence-corrected chi connectivity index (χ0v) is 33.7. The van der Waals surface area contributed by atoms with E-state index >= 15 is 0 Å². The number of aliphatic carboxylic acids is 1. The van der Waals surface area contributed by atoms with Gasteiger partial charge in [0.25, 0.3) is 5.91 Å². The van der Waals surface area contributed by atoms with E-state index in [0.29, 0.717) is 6.42 Å². The number of hydrogen-bond acceptors (Lipinski definition) is 10. The van der Waals surface area contributed by atoms with Gasteiger partial charge in [-0.25, -0.2) is 9.59 Å². The Hall–Kier alpha value is -6.30. The van der Waals surface area contributed by atoms with Gasteiger partial charge in [0.05, 0.1) is 12.8 Å². The second kappa shape index (κ2) is 27.3. The minimum atomic E-state index is -1.57. The van der Waals surface area contributed by atoms with Gasteiger partial charge in [0.15, 0.2) is 6.10 Å². The molecule has 0 heterocycles. The fourth-order valence-electron chi connectivity index (χ4n) is 4.98. The lowest BCUT2D eigenvalue weighted by atomic mass is 9.86. The van der Waals surface area contributed by atoms with E-state index in [0.717, 1.165) is 32.1 Å². The average molecular weight is 798 g/mol. The van der Waals surface area contributed by atoms with Crippen molar-refractivity contribution in [2.75, 3.05) is 13.2 Å². The van der Waals surface area contributed by atoms with Crippen molar-refractivity contribution >= 4 is 35.8 Å². The molecule has 0 aliphatic rings.